The standard InChI is InChI=1S/C18H26N2O5/c1-13-4-6-14(7-5-13)8-9-15(21)19-11-16(22)20-18(2,12-25-3)10-17(23)24/h4-7H,8-12H2,1-3H3,(H,19,21)(H,20,22)(H,23,24). The molecule has 1 atom stereocenters. The molecule has 1 unspecified atom stereocenters. The lowest BCUT2D eigenvalue weighted by atomic mass is 9.99. The number of ether oxygens (including phenoxy) is 1. The predicted molar refractivity (Wildman–Crippen MR) is 93.2 cm³/mol. The van der Waals surface area contributed by atoms with Gasteiger partial charge in [0.05, 0.1) is 25.1 Å². The van der Waals surface area contributed by atoms with Gasteiger partial charge in [-0.15, -0.1) is 0 Å². The Morgan fingerprint density at radius 2 is 1.80 bits per heavy atom. The third-order valence-electron chi connectivity index (χ3n) is 3.65. The minimum atomic E-state index is -1.04. The Balaban J connectivity index is 2.39. The van der Waals surface area contributed by atoms with E-state index in [0.717, 1.165) is 11.1 Å². The average molecular weight is 350 g/mol. The molecular formula is C18H26N2O5. The average Bonchev–Trinajstić information content (AvgIpc) is 2.51. The number of hydrogen-bond donors (Lipinski definition) is 3. The number of aryl methyl sites for hydroxylation is 2. The Bertz CT molecular complexity index is 600. The van der Waals surface area contributed by atoms with Crippen LogP contribution in [0.1, 0.15) is 30.9 Å². The lowest BCUT2D eigenvalue weighted by Crippen LogP contribution is -2.53. The summed E-state index contributed by atoms with van der Waals surface area (Å²) in [4.78, 5) is 34.7. The molecule has 0 saturated carbocycles. The molecule has 2 amide bonds. The molecule has 1 rings (SSSR count). The van der Waals surface area contributed by atoms with Crippen molar-refractivity contribution in [1.82, 2.24) is 10.6 Å². The molecule has 138 valence electrons. The fraction of sp³-hybridized carbons (Fsp3) is 0.500. The van der Waals surface area contributed by atoms with Crippen molar-refractivity contribution in [2.45, 2.75) is 38.6 Å². The van der Waals surface area contributed by atoms with Gasteiger partial charge in [-0.1, -0.05) is 29.8 Å². The van der Waals surface area contributed by atoms with E-state index < -0.39 is 17.4 Å². The second kappa shape index (κ2) is 9.78. The zero-order chi connectivity index (χ0) is 18.9. The van der Waals surface area contributed by atoms with Gasteiger partial charge in [-0.2, -0.15) is 0 Å². The summed E-state index contributed by atoms with van der Waals surface area (Å²) in [6.45, 7) is 3.44. The maximum atomic E-state index is 12.0. The van der Waals surface area contributed by atoms with Gasteiger partial charge in [-0.25, -0.2) is 0 Å². The lowest BCUT2D eigenvalue weighted by Gasteiger charge is -2.28. The van der Waals surface area contributed by atoms with Crippen LogP contribution in [0.15, 0.2) is 24.3 Å². The molecule has 3 N–H and O–H groups in total. The van der Waals surface area contributed by atoms with Gasteiger partial charge in [0.1, 0.15) is 0 Å². The molecule has 0 aliphatic heterocycles. The van der Waals surface area contributed by atoms with Crippen molar-refractivity contribution in [3.8, 4) is 0 Å². The van der Waals surface area contributed by atoms with E-state index in [4.69, 9.17) is 9.84 Å². The van der Waals surface area contributed by atoms with Gasteiger partial charge >= 0.3 is 5.97 Å². The number of methoxy groups -OCH3 is 1. The van der Waals surface area contributed by atoms with Crippen molar-refractivity contribution in [3.63, 3.8) is 0 Å². The Morgan fingerprint density at radius 3 is 2.36 bits per heavy atom. The molecule has 1 aromatic rings. The van der Waals surface area contributed by atoms with Gasteiger partial charge in [-0.05, 0) is 25.8 Å². The van der Waals surface area contributed by atoms with Crippen LogP contribution in [-0.4, -0.2) is 48.7 Å². The number of rotatable bonds is 10. The molecule has 0 saturated heterocycles. The Labute approximate surface area is 147 Å². The Hall–Kier alpha value is -2.41. The molecule has 0 aliphatic rings. The maximum absolute atomic E-state index is 12.0. The van der Waals surface area contributed by atoms with E-state index in [1.807, 2.05) is 31.2 Å². The molecule has 25 heavy (non-hydrogen) atoms. The van der Waals surface area contributed by atoms with Gasteiger partial charge in [0.15, 0.2) is 0 Å². The van der Waals surface area contributed by atoms with Crippen LogP contribution in [0, 0.1) is 6.92 Å². The van der Waals surface area contributed by atoms with Gasteiger partial charge in [-0.3, -0.25) is 14.4 Å². The van der Waals surface area contributed by atoms with E-state index >= 15 is 0 Å². The van der Waals surface area contributed by atoms with Crippen LogP contribution in [-0.2, 0) is 25.5 Å². The van der Waals surface area contributed by atoms with E-state index in [0.29, 0.717) is 6.42 Å². The van der Waals surface area contributed by atoms with Gasteiger partial charge in [0, 0.05) is 13.5 Å². The molecule has 1 aromatic carbocycles. The number of amides is 2. The van der Waals surface area contributed by atoms with E-state index in [1.54, 1.807) is 6.92 Å². The Kier molecular flexibility index (Phi) is 8.07. The summed E-state index contributed by atoms with van der Waals surface area (Å²) in [5, 5.41) is 14.1. The number of benzene rings is 1. The number of hydrogen-bond acceptors (Lipinski definition) is 4. The van der Waals surface area contributed by atoms with Crippen LogP contribution in [0.4, 0.5) is 0 Å². The molecule has 0 aliphatic carbocycles. The summed E-state index contributed by atoms with van der Waals surface area (Å²) in [6, 6.07) is 7.91. The summed E-state index contributed by atoms with van der Waals surface area (Å²) >= 11 is 0. The largest absolute Gasteiger partial charge is 0.481 e. The first-order valence-electron chi connectivity index (χ1n) is 8.08. The minimum Gasteiger partial charge on any atom is -0.481 e. The number of carboxylic acid groups (broad SMARTS) is 1. The third kappa shape index (κ3) is 8.30. The van der Waals surface area contributed by atoms with Crippen molar-refractivity contribution in [1.29, 1.82) is 0 Å². The van der Waals surface area contributed by atoms with Crippen LogP contribution in [0.3, 0.4) is 0 Å². The van der Waals surface area contributed by atoms with Gasteiger partial charge in [0.2, 0.25) is 11.8 Å². The second-order valence-corrected chi connectivity index (χ2v) is 6.37. The minimum absolute atomic E-state index is 0.0619. The summed E-state index contributed by atoms with van der Waals surface area (Å²) in [5.74, 6) is -1.73. The topological polar surface area (TPSA) is 105 Å². The van der Waals surface area contributed by atoms with E-state index in [9.17, 15) is 14.4 Å². The highest BCUT2D eigenvalue weighted by Crippen LogP contribution is 2.10. The fourth-order valence-electron chi connectivity index (χ4n) is 2.44. The zero-order valence-electron chi connectivity index (χ0n) is 14.9. The zero-order valence-corrected chi connectivity index (χ0v) is 14.9. The number of nitrogens with one attached hydrogen (secondary N) is 2. The maximum Gasteiger partial charge on any atom is 0.305 e. The van der Waals surface area contributed by atoms with Crippen LogP contribution < -0.4 is 10.6 Å². The van der Waals surface area contributed by atoms with E-state index in [-0.39, 0.29) is 31.9 Å². The van der Waals surface area contributed by atoms with Crippen molar-refractivity contribution >= 4 is 17.8 Å². The van der Waals surface area contributed by atoms with Crippen molar-refractivity contribution in [3.05, 3.63) is 35.4 Å². The lowest BCUT2D eigenvalue weighted by molar-refractivity contribution is -0.140. The van der Waals surface area contributed by atoms with Crippen molar-refractivity contribution in [2.24, 2.45) is 0 Å². The monoisotopic (exact) mass is 350 g/mol. The first-order chi connectivity index (χ1) is 11.7. The van der Waals surface area contributed by atoms with Crippen LogP contribution in [0.5, 0.6) is 0 Å². The molecular weight excluding hydrogens is 324 g/mol. The normalized spacial score (nSPS) is 12.9. The number of carbonyl (C=O) groups excluding carboxylic acids is 2. The molecule has 7 heteroatoms. The molecule has 0 spiro atoms. The van der Waals surface area contributed by atoms with Crippen molar-refractivity contribution < 1.29 is 24.2 Å². The highest BCUT2D eigenvalue weighted by Gasteiger charge is 2.29. The quantitative estimate of drug-likeness (QED) is 0.585. The molecule has 0 bridgehead atoms. The summed E-state index contributed by atoms with van der Waals surface area (Å²) in [6.07, 6.45) is 0.600. The first kappa shape index (κ1) is 20.6. The first-order valence-corrected chi connectivity index (χ1v) is 8.08. The van der Waals surface area contributed by atoms with Crippen LogP contribution in [0.25, 0.3) is 0 Å². The fourth-order valence-corrected chi connectivity index (χ4v) is 2.44. The number of carboxylic acids is 1. The van der Waals surface area contributed by atoms with Gasteiger partial charge < -0.3 is 20.5 Å². The Morgan fingerprint density at radius 1 is 1.16 bits per heavy atom. The number of carbonyl (C=O) groups is 3. The molecule has 0 heterocycles. The summed E-state index contributed by atoms with van der Waals surface area (Å²) in [5.41, 5.74) is 1.19. The number of aliphatic carboxylic acids is 1. The highest BCUT2D eigenvalue weighted by molar-refractivity contribution is 5.85. The van der Waals surface area contributed by atoms with Gasteiger partial charge in [0.25, 0.3) is 0 Å². The summed E-state index contributed by atoms with van der Waals surface area (Å²) < 4.78 is 4.96. The molecule has 0 fully saturated rings. The third-order valence-corrected chi connectivity index (χ3v) is 3.65. The van der Waals surface area contributed by atoms with Crippen LogP contribution in [0.2, 0.25) is 0 Å². The highest BCUT2D eigenvalue weighted by atomic mass is 16.5. The summed E-state index contributed by atoms with van der Waals surface area (Å²) in [7, 11) is 1.43. The second-order valence-electron chi connectivity index (χ2n) is 6.37. The molecule has 7 nitrogen and oxygen atoms in total. The van der Waals surface area contributed by atoms with E-state index in [1.165, 1.54) is 7.11 Å². The SMILES string of the molecule is COCC(C)(CC(=O)O)NC(=O)CNC(=O)CCc1ccc(C)cc1. The predicted octanol–water partition coefficient (Wildman–Crippen LogP) is 1.04. The molecule has 0 radical (unpaired) electrons. The van der Waals surface area contributed by atoms with Crippen LogP contribution >= 0.6 is 0 Å². The van der Waals surface area contributed by atoms with E-state index in [2.05, 4.69) is 10.6 Å². The van der Waals surface area contributed by atoms with Crippen molar-refractivity contribution in [2.75, 3.05) is 20.3 Å². The molecule has 0 aromatic heterocycles. The smallest absolute Gasteiger partial charge is 0.305 e.